The van der Waals surface area contributed by atoms with E-state index < -0.39 is 30.9 Å². The van der Waals surface area contributed by atoms with Gasteiger partial charge < -0.3 is 0 Å². The summed E-state index contributed by atoms with van der Waals surface area (Å²) in [4.78, 5) is 0. The van der Waals surface area contributed by atoms with Crippen molar-refractivity contribution in [1.29, 1.82) is 0 Å². The van der Waals surface area contributed by atoms with Crippen molar-refractivity contribution < 1.29 is 30.7 Å². The fourth-order valence-corrected chi connectivity index (χ4v) is 5.90. The molecular weight excluding hydrogens is 445 g/mol. The predicted octanol–water partition coefficient (Wildman–Crippen LogP) is 9.33. The second-order valence-corrected chi connectivity index (χ2v) is 10.2. The maximum absolute atomic E-state index is 13.5. The van der Waals surface area contributed by atoms with E-state index in [0.29, 0.717) is 11.5 Å². The van der Waals surface area contributed by atoms with Gasteiger partial charge >= 0.3 is 18.0 Å². The van der Waals surface area contributed by atoms with Gasteiger partial charge in [0, 0.05) is 6.42 Å². The maximum atomic E-state index is 13.5. The van der Waals surface area contributed by atoms with Crippen molar-refractivity contribution in [2.24, 2.45) is 17.8 Å². The molecule has 188 valence electrons. The first kappa shape index (κ1) is 26.3. The summed E-state index contributed by atoms with van der Waals surface area (Å²) >= 11 is 0. The van der Waals surface area contributed by atoms with Crippen LogP contribution in [-0.2, 0) is 6.42 Å². The lowest BCUT2D eigenvalue weighted by atomic mass is 9.68. The Hall–Kier alpha value is -1.27. The van der Waals surface area contributed by atoms with Crippen LogP contribution in [0.2, 0.25) is 0 Å². The highest BCUT2D eigenvalue weighted by Crippen LogP contribution is 2.48. The van der Waals surface area contributed by atoms with Gasteiger partial charge in [-0.05, 0) is 79.7 Å². The lowest BCUT2D eigenvalue weighted by Crippen LogP contribution is -2.52. The van der Waals surface area contributed by atoms with E-state index in [1.54, 1.807) is 12.1 Å². The summed E-state index contributed by atoms with van der Waals surface area (Å²) in [5.74, 6) is -8.27. The summed E-state index contributed by atoms with van der Waals surface area (Å²) in [6, 6.07) is 6.79. The van der Waals surface area contributed by atoms with E-state index in [1.165, 1.54) is 51.4 Å². The molecule has 33 heavy (non-hydrogen) atoms. The number of hydrogen-bond acceptors (Lipinski definition) is 0. The van der Waals surface area contributed by atoms with Gasteiger partial charge in [-0.2, -0.15) is 30.7 Å². The number of rotatable bonds is 8. The molecule has 0 nitrogen and oxygen atoms in total. The third-order valence-electron chi connectivity index (χ3n) is 8.02. The molecule has 0 spiro atoms. The van der Waals surface area contributed by atoms with Crippen molar-refractivity contribution in [1.82, 2.24) is 0 Å². The first-order chi connectivity index (χ1) is 15.4. The van der Waals surface area contributed by atoms with Gasteiger partial charge in [0.2, 0.25) is 0 Å². The largest absolute Gasteiger partial charge is 0.459 e. The zero-order valence-electron chi connectivity index (χ0n) is 19.2. The third-order valence-corrected chi connectivity index (χ3v) is 8.02. The minimum Gasteiger partial charge on any atom is -0.199 e. The summed E-state index contributed by atoms with van der Waals surface area (Å²) in [6.07, 6.45) is 4.18. The molecule has 2 fully saturated rings. The van der Waals surface area contributed by atoms with E-state index >= 15 is 0 Å². The van der Waals surface area contributed by atoms with E-state index in [0.717, 1.165) is 36.2 Å². The summed E-state index contributed by atoms with van der Waals surface area (Å²) in [6.45, 7) is 2.25. The molecule has 0 bridgehead atoms. The van der Waals surface area contributed by atoms with Gasteiger partial charge in [0.15, 0.2) is 0 Å². The van der Waals surface area contributed by atoms with Gasteiger partial charge in [-0.25, -0.2) is 0 Å². The Morgan fingerprint density at radius 2 is 1.24 bits per heavy atom. The molecule has 7 heteroatoms. The summed E-state index contributed by atoms with van der Waals surface area (Å²) < 4.78 is 90.0. The van der Waals surface area contributed by atoms with E-state index in [9.17, 15) is 30.7 Å². The van der Waals surface area contributed by atoms with Crippen LogP contribution >= 0.6 is 0 Å². The molecule has 3 rings (SSSR count). The molecule has 0 amide bonds. The van der Waals surface area contributed by atoms with Gasteiger partial charge in [-0.1, -0.05) is 56.9 Å². The molecule has 0 saturated heterocycles. The lowest BCUT2D eigenvalue weighted by molar-refractivity contribution is -0.355. The minimum atomic E-state index is -6.27. The Morgan fingerprint density at radius 1 is 0.727 bits per heavy atom. The predicted molar refractivity (Wildman–Crippen MR) is 116 cm³/mol. The first-order valence-corrected chi connectivity index (χ1v) is 12.4. The molecule has 0 aliphatic heterocycles. The SMILES string of the molecule is CCC[C@H]1CC[C@H](C2CCC(c3ccc(CCC(F)(F)C(F)(F)C(F)(F)F)cc3)CC2)CC1. The number of halogens is 7. The molecule has 0 heterocycles. The van der Waals surface area contributed by atoms with Crippen molar-refractivity contribution in [3.8, 4) is 0 Å². The first-order valence-electron chi connectivity index (χ1n) is 12.4. The van der Waals surface area contributed by atoms with E-state index in [-0.39, 0.29) is 0 Å². The molecule has 0 atom stereocenters. The van der Waals surface area contributed by atoms with E-state index in [4.69, 9.17) is 0 Å². The van der Waals surface area contributed by atoms with Gasteiger partial charge in [-0.15, -0.1) is 0 Å². The van der Waals surface area contributed by atoms with Gasteiger partial charge in [-0.3, -0.25) is 0 Å². The number of benzene rings is 1. The molecule has 0 N–H and O–H groups in total. The average molecular weight is 481 g/mol. The number of aryl methyl sites for hydroxylation is 1. The molecular formula is C26H35F7. The Kier molecular flexibility index (Phi) is 8.42. The van der Waals surface area contributed by atoms with Crippen LogP contribution in [0.4, 0.5) is 30.7 Å². The van der Waals surface area contributed by atoms with Crippen LogP contribution < -0.4 is 0 Å². The molecule has 2 saturated carbocycles. The zero-order valence-corrected chi connectivity index (χ0v) is 19.2. The monoisotopic (exact) mass is 480 g/mol. The second kappa shape index (κ2) is 10.6. The Morgan fingerprint density at radius 3 is 1.73 bits per heavy atom. The van der Waals surface area contributed by atoms with Gasteiger partial charge in [0.25, 0.3) is 0 Å². The zero-order chi connectivity index (χ0) is 24.3. The Balaban J connectivity index is 1.47. The smallest absolute Gasteiger partial charge is 0.199 e. The summed E-state index contributed by atoms with van der Waals surface area (Å²) in [5, 5.41) is 0. The molecule has 0 aromatic heterocycles. The number of hydrogen-bond donors (Lipinski definition) is 0. The van der Waals surface area contributed by atoms with Gasteiger partial charge in [0.1, 0.15) is 0 Å². The molecule has 0 unspecified atom stereocenters. The molecule has 1 aromatic carbocycles. The fourth-order valence-electron chi connectivity index (χ4n) is 5.90. The highest BCUT2D eigenvalue weighted by Gasteiger charge is 2.72. The quantitative estimate of drug-likeness (QED) is 0.325. The highest BCUT2D eigenvalue weighted by atomic mass is 19.4. The second-order valence-electron chi connectivity index (χ2n) is 10.2. The third kappa shape index (κ3) is 6.25. The average Bonchev–Trinajstić information content (AvgIpc) is 2.78. The van der Waals surface area contributed by atoms with Crippen LogP contribution in [0.15, 0.2) is 24.3 Å². The fraction of sp³-hybridized carbons (Fsp3) is 0.769. The highest BCUT2D eigenvalue weighted by molar-refractivity contribution is 5.26. The Labute approximate surface area is 192 Å². The molecule has 2 aliphatic rings. The maximum Gasteiger partial charge on any atom is 0.459 e. The van der Waals surface area contributed by atoms with Crippen molar-refractivity contribution in [2.45, 2.75) is 108 Å². The van der Waals surface area contributed by atoms with Crippen molar-refractivity contribution in [3.63, 3.8) is 0 Å². The van der Waals surface area contributed by atoms with Crippen LogP contribution in [0, 0.1) is 17.8 Å². The molecule has 0 radical (unpaired) electrons. The van der Waals surface area contributed by atoms with Crippen LogP contribution in [0.5, 0.6) is 0 Å². The van der Waals surface area contributed by atoms with E-state index in [2.05, 4.69) is 6.92 Å². The minimum absolute atomic E-state index is 0.342. The molecule has 1 aromatic rings. The van der Waals surface area contributed by atoms with Crippen molar-refractivity contribution >= 4 is 0 Å². The Bertz CT molecular complexity index is 722. The van der Waals surface area contributed by atoms with Crippen LogP contribution in [0.1, 0.15) is 94.6 Å². The number of alkyl halides is 7. The summed E-state index contributed by atoms with van der Waals surface area (Å²) in [5.41, 5.74) is 1.44. The van der Waals surface area contributed by atoms with Crippen molar-refractivity contribution in [3.05, 3.63) is 35.4 Å². The topological polar surface area (TPSA) is 0 Å². The summed E-state index contributed by atoms with van der Waals surface area (Å²) in [7, 11) is 0. The lowest BCUT2D eigenvalue weighted by Gasteiger charge is -2.38. The van der Waals surface area contributed by atoms with Crippen LogP contribution in [0.25, 0.3) is 0 Å². The molecule has 2 aliphatic carbocycles. The van der Waals surface area contributed by atoms with Crippen molar-refractivity contribution in [2.75, 3.05) is 0 Å². The normalized spacial score (nSPS) is 27.5. The van der Waals surface area contributed by atoms with E-state index in [1.807, 2.05) is 12.1 Å². The van der Waals surface area contributed by atoms with Gasteiger partial charge in [0.05, 0.1) is 0 Å². The standard InChI is InChI=1S/C26H35F7/c1-2-3-18-4-8-20(9-5-18)22-12-14-23(15-13-22)21-10-6-19(7-11-21)16-17-24(27,28)25(29,30)26(31,32)33/h6-7,10-11,18,20,22-23H,2-5,8-9,12-17H2,1H3/t18-,20-,22?,23?. The van der Waals surface area contributed by atoms with Crippen LogP contribution in [-0.4, -0.2) is 18.0 Å². The van der Waals surface area contributed by atoms with Crippen LogP contribution in [0.3, 0.4) is 0 Å².